The third kappa shape index (κ3) is 3.29. The van der Waals surface area contributed by atoms with Crippen LogP contribution in [-0.4, -0.2) is 5.11 Å². The number of halogens is 1. The maximum atomic E-state index is 6.17. The van der Waals surface area contributed by atoms with Gasteiger partial charge in [0, 0.05) is 15.6 Å². The van der Waals surface area contributed by atoms with Gasteiger partial charge in [-0.05, 0) is 61.1 Å². The number of thiocarbonyl (C=S) groups is 1. The first-order valence-electron chi connectivity index (χ1n) is 7.48. The number of hydrogen-bond donors (Lipinski definition) is 2. The smallest absolute Gasteiger partial charge is 0.171 e. The number of anilines is 1. The quantitative estimate of drug-likeness (QED) is 0.718. The van der Waals surface area contributed by atoms with Crippen molar-refractivity contribution in [1.82, 2.24) is 5.32 Å². The molecule has 116 valence electrons. The van der Waals surface area contributed by atoms with Crippen LogP contribution in [0, 0.1) is 6.92 Å². The van der Waals surface area contributed by atoms with E-state index in [1.54, 1.807) is 11.3 Å². The average Bonchev–Trinajstić information content (AvgIpc) is 3.14. The Kier molecular flexibility index (Phi) is 4.71. The van der Waals surface area contributed by atoms with Crippen LogP contribution in [0.25, 0.3) is 0 Å². The molecule has 22 heavy (non-hydrogen) atoms. The summed E-state index contributed by atoms with van der Waals surface area (Å²) in [4.78, 5) is 1.37. The summed E-state index contributed by atoms with van der Waals surface area (Å²) in [5.74, 6) is 0. The van der Waals surface area contributed by atoms with Crippen LogP contribution in [-0.2, 0) is 5.54 Å². The van der Waals surface area contributed by atoms with Crippen molar-refractivity contribution in [3.05, 3.63) is 51.2 Å². The first-order valence-corrected chi connectivity index (χ1v) is 9.15. The number of rotatable bonds is 3. The standard InChI is InChI=1S/C17H19ClN2S2/c1-12-6-7-13(11-14(12)18)19-16(21)20-17(8-2-3-9-17)15-5-4-10-22-15/h4-7,10-11H,2-3,8-9H2,1H3,(H2,19,20,21). The van der Waals surface area contributed by atoms with E-state index < -0.39 is 0 Å². The van der Waals surface area contributed by atoms with Crippen LogP contribution in [0.15, 0.2) is 35.7 Å². The Bertz CT molecular complexity index is 661. The Morgan fingerprint density at radius 2 is 2.05 bits per heavy atom. The molecule has 3 rings (SSSR count). The summed E-state index contributed by atoms with van der Waals surface area (Å²) in [6.45, 7) is 1.99. The topological polar surface area (TPSA) is 24.1 Å². The molecule has 1 aliphatic rings. The maximum Gasteiger partial charge on any atom is 0.171 e. The molecule has 0 spiro atoms. The first kappa shape index (κ1) is 15.8. The summed E-state index contributed by atoms with van der Waals surface area (Å²) in [7, 11) is 0. The maximum absolute atomic E-state index is 6.17. The van der Waals surface area contributed by atoms with Gasteiger partial charge in [0.1, 0.15) is 0 Å². The molecule has 1 saturated carbocycles. The van der Waals surface area contributed by atoms with Gasteiger partial charge in [0.2, 0.25) is 0 Å². The van der Waals surface area contributed by atoms with Crippen molar-refractivity contribution >= 4 is 46.0 Å². The third-order valence-corrected chi connectivity index (χ3v) is 5.92. The van der Waals surface area contributed by atoms with E-state index in [0.717, 1.165) is 29.1 Å². The summed E-state index contributed by atoms with van der Waals surface area (Å²) in [6.07, 6.45) is 4.74. The van der Waals surface area contributed by atoms with Gasteiger partial charge in [-0.2, -0.15) is 0 Å². The second kappa shape index (κ2) is 6.57. The Morgan fingerprint density at radius 3 is 2.68 bits per heavy atom. The van der Waals surface area contributed by atoms with Crippen LogP contribution in [0.5, 0.6) is 0 Å². The third-order valence-electron chi connectivity index (χ3n) is 4.23. The summed E-state index contributed by atoms with van der Waals surface area (Å²) < 4.78 is 0. The number of thiophene rings is 1. The van der Waals surface area contributed by atoms with Gasteiger partial charge in [0.05, 0.1) is 5.54 Å². The number of benzene rings is 1. The van der Waals surface area contributed by atoms with Gasteiger partial charge in [-0.25, -0.2) is 0 Å². The van der Waals surface area contributed by atoms with E-state index in [9.17, 15) is 0 Å². The fraction of sp³-hybridized carbons (Fsp3) is 0.353. The van der Waals surface area contributed by atoms with Crippen molar-refractivity contribution in [2.45, 2.75) is 38.1 Å². The van der Waals surface area contributed by atoms with Crippen molar-refractivity contribution in [2.75, 3.05) is 5.32 Å². The zero-order valence-electron chi connectivity index (χ0n) is 12.5. The second-order valence-electron chi connectivity index (χ2n) is 5.81. The van der Waals surface area contributed by atoms with Gasteiger partial charge in [-0.1, -0.05) is 36.6 Å². The van der Waals surface area contributed by atoms with E-state index in [0.29, 0.717) is 5.11 Å². The molecule has 0 unspecified atom stereocenters. The van der Waals surface area contributed by atoms with Crippen LogP contribution in [0.3, 0.4) is 0 Å². The Labute approximate surface area is 145 Å². The minimum absolute atomic E-state index is 0.00720. The summed E-state index contributed by atoms with van der Waals surface area (Å²) >= 11 is 13.5. The molecular formula is C17H19ClN2S2. The molecule has 0 bridgehead atoms. The predicted octanol–water partition coefficient (Wildman–Crippen LogP) is 5.47. The van der Waals surface area contributed by atoms with Crippen molar-refractivity contribution in [3.8, 4) is 0 Å². The fourth-order valence-corrected chi connectivity index (χ4v) is 4.45. The van der Waals surface area contributed by atoms with Gasteiger partial charge >= 0.3 is 0 Å². The van der Waals surface area contributed by atoms with Crippen LogP contribution >= 0.6 is 35.2 Å². The molecule has 1 aromatic carbocycles. The second-order valence-corrected chi connectivity index (χ2v) is 7.57. The van der Waals surface area contributed by atoms with E-state index in [-0.39, 0.29) is 5.54 Å². The van der Waals surface area contributed by atoms with Crippen LogP contribution in [0.2, 0.25) is 5.02 Å². The van der Waals surface area contributed by atoms with E-state index >= 15 is 0 Å². The molecule has 2 nitrogen and oxygen atoms in total. The highest BCUT2D eigenvalue weighted by Gasteiger charge is 2.37. The van der Waals surface area contributed by atoms with Crippen molar-refractivity contribution in [2.24, 2.45) is 0 Å². The van der Waals surface area contributed by atoms with Gasteiger partial charge in [0.15, 0.2) is 5.11 Å². The molecule has 2 aromatic rings. The molecule has 1 aromatic heterocycles. The van der Waals surface area contributed by atoms with Gasteiger partial charge < -0.3 is 10.6 Å². The van der Waals surface area contributed by atoms with Crippen LogP contribution < -0.4 is 10.6 Å². The molecule has 5 heteroatoms. The van der Waals surface area contributed by atoms with E-state index in [2.05, 4.69) is 28.1 Å². The highest BCUT2D eigenvalue weighted by Crippen LogP contribution is 2.40. The van der Waals surface area contributed by atoms with E-state index in [1.165, 1.54) is 17.7 Å². The van der Waals surface area contributed by atoms with Gasteiger partial charge in [0.25, 0.3) is 0 Å². The molecular weight excluding hydrogens is 332 g/mol. The lowest BCUT2D eigenvalue weighted by Crippen LogP contribution is -2.45. The average molecular weight is 351 g/mol. The predicted molar refractivity (Wildman–Crippen MR) is 100 cm³/mol. The molecule has 0 saturated heterocycles. The lowest BCUT2D eigenvalue weighted by molar-refractivity contribution is 0.417. The number of hydrogen-bond acceptors (Lipinski definition) is 2. The minimum Gasteiger partial charge on any atom is -0.352 e. The highest BCUT2D eigenvalue weighted by atomic mass is 35.5. The molecule has 1 fully saturated rings. The zero-order chi connectivity index (χ0) is 15.6. The molecule has 0 aliphatic heterocycles. The normalized spacial score (nSPS) is 16.5. The Balaban J connectivity index is 1.73. The van der Waals surface area contributed by atoms with E-state index in [1.807, 2.05) is 25.1 Å². The van der Waals surface area contributed by atoms with Crippen molar-refractivity contribution < 1.29 is 0 Å². The molecule has 2 N–H and O–H groups in total. The summed E-state index contributed by atoms with van der Waals surface area (Å²) in [6, 6.07) is 10.2. The van der Waals surface area contributed by atoms with Crippen molar-refractivity contribution in [1.29, 1.82) is 0 Å². The van der Waals surface area contributed by atoms with Crippen LogP contribution in [0.4, 0.5) is 5.69 Å². The van der Waals surface area contributed by atoms with Crippen molar-refractivity contribution in [3.63, 3.8) is 0 Å². The minimum atomic E-state index is -0.00720. The van der Waals surface area contributed by atoms with Gasteiger partial charge in [-0.3, -0.25) is 0 Å². The number of nitrogens with one attached hydrogen (secondary N) is 2. The molecule has 0 atom stereocenters. The largest absolute Gasteiger partial charge is 0.352 e. The van der Waals surface area contributed by atoms with Crippen LogP contribution in [0.1, 0.15) is 36.1 Å². The molecule has 1 heterocycles. The lowest BCUT2D eigenvalue weighted by atomic mass is 9.96. The van der Waals surface area contributed by atoms with Gasteiger partial charge in [-0.15, -0.1) is 11.3 Å². The van der Waals surface area contributed by atoms with E-state index in [4.69, 9.17) is 23.8 Å². The fourth-order valence-electron chi connectivity index (χ4n) is 3.01. The molecule has 0 radical (unpaired) electrons. The molecule has 0 amide bonds. The Hall–Kier alpha value is -1.10. The lowest BCUT2D eigenvalue weighted by Gasteiger charge is -2.31. The summed E-state index contributed by atoms with van der Waals surface area (Å²) in [5.41, 5.74) is 1.98. The SMILES string of the molecule is Cc1ccc(NC(=S)NC2(c3cccs3)CCCC2)cc1Cl. The first-order chi connectivity index (χ1) is 10.6. The summed E-state index contributed by atoms with van der Waals surface area (Å²) in [5, 5.41) is 10.4. The zero-order valence-corrected chi connectivity index (χ0v) is 14.9. The monoisotopic (exact) mass is 350 g/mol. The number of aryl methyl sites for hydroxylation is 1. The molecule has 1 aliphatic carbocycles. The highest BCUT2D eigenvalue weighted by molar-refractivity contribution is 7.80. The Morgan fingerprint density at radius 1 is 1.27 bits per heavy atom.